The molecule has 3 nitrogen and oxygen atoms in total. The quantitative estimate of drug-likeness (QED) is 0.922. The molecule has 1 aliphatic rings. The number of morpholine rings is 1. The van der Waals surface area contributed by atoms with Gasteiger partial charge < -0.3 is 15.4 Å². The van der Waals surface area contributed by atoms with Gasteiger partial charge >= 0.3 is 0 Å². The number of ether oxygens (including phenoxy) is 1. The van der Waals surface area contributed by atoms with Crippen LogP contribution in [0.4, 0.5) is 5.69 Å². The van der Waals surface area contributed by atoms with E-state index < -0.39 is 0 Å². The number of aryl methyl sites for hydroxylation is 1. The normalized spacial score (nSPS) is 23.7. The fourth-order valence-corrected chi connectivity index (χ4v) is 3.17. The Bertz CT molecular complexity index is 468. The van der Waals surface area contributed by atoms with E-state index in [1.165, 1.54) is 16.8 Å². The highest BCUT2D eigenvalue weighted by Gasteiger charge is 2.32. The van der Waals surface area contributed by atoms with E-state index in [4.69, 9.17) is 10.5 Å². The number of anilines is 1. The van der Waals surface area contributed by atoms with E-state index in [0.717, 1.165) is 19.5 Å². The molecule has 0 aliphatic carbocycles. The number of nitrogens with zero attached hydrogens (tertiary/aromatic N) is 1. The van der Waals surface area contributed by atoms with Gasteiger partial charge in [-0.05, 0) is 52.7 Å². The van der Waals surface area contributed by atoms with Crippen LogP contribution in [0.15, 0.2) is 18.2 Å². The second-order valence-electron chi connectivity index (χ2n) is 6.88. The van der Waals surface area contributed by atoms with Crippen LogP contribution in [0, 0.1) is 6.92 Å². The summed E-state index contributed by atoms with van der Waals surface area (Å²) >= 11 is 0. The molecule has 3 heteroatoms. The van der Waals surface area contributed by atoms with Crippen molar-refractivity contribution in [1.82, 2.24) is 0 Å². The minimum Gasteiger partial charge on any atom is -0.369 e. The van der Waals surface area contributed by atoms with Crippen molar-refractivity contribution in [1.29, 1.82) is 0 Å². The average Bonchev–Trinajstić information content (AvgIpc) is 2.24. The van der Waals surface area contributed by atoms with Gasteiger partial charge in [-0.2, -0.15) is 0 Å². The molecule has 1 aromatic carbocycles. The van der Waals surface area contributed by atoms with Crippen molar-refractivity contribution >= 4 is 5.69 Å². The van der Waals surface area contributed by atoms with Gasteiger partial charge in [0.25, 0.3) is 0 Å². The summed E-state index contributed by atoms with van der Waals surface area (Å²) in [6, 6.07) is 6.88. The Morgan fingerprint density at radius 3 is 2.75 bits per heavy atom. The smallest absolute Gasteiger partial charge is 0.0805 e. The van der Waals surface area contributed by atoms with Crippen LogP contribution in [0.1, 0.15) is 38.8 Å². The van der Waals surface area contributed by atoms with Crippen LogP contribution in [0.2, 0.25) is 0 Å². The zero-order valence-electron chi connectivity index (χ0n) is 13.4. The molecule has 2 unspecified atom stereocenters. The van der Waals surface area contributed by atoms with Gasteiger partial charge in [-0.15, -0.1) is 0 Å². The van der Waals surface area contributed by atoms with Crippen molar-refractivity contribution in [3.63, 3.8) is 0 Å². The van der Waals surface area contributed by atoms with Gasteiger partial charge in [0.2, 0.25) is 0 Å². The number of benzene rings is 1. The molecule has 2 rings (SSSR count). The van der Waals surface area contributed by atoms with Crippen LogP contribution in [0.5, 0.6) is 0 Å². The summed E-state index contributed by atoms with van der Waals surface area (Å²) in [5.41, 5.74) is 9.87. The van der Waals surface area contributed by atoms with Crippen LogP contribution in [0.25, 0.3) is 0 Å². The Kier molecular flexibility index (Phi) is 4.40. The molecule has 2 N–H and O–H groups in total. The van der Waals surface area contributed by atoms with Gasteiger partial charge in [-0.1, -0.05) is 17.7 Å². The number of nitrogens with two attached hydrogens (primary N) is 1. The summed E-state index contributed by atoms with van der Waals surface area (Å²) in [4.78, 5) is 2.45. The third-order valence-electron chi connectivity index (χ3n) is 3.69. The molecular weight excluding hydrogens is 248 g/mol. The van der Waals surface area contributed by atoms with Crippen molar-refractivity contribution in [2.24, 2.45) is 5.73 Å². The molecule has 0 amide bonds. The molecule has 1 aliphatic heterocycles. The first kappa shape index (κ1) is 15.3. The van der Waals surface area contributed by atoms with Crippen LogP contribution in [-0.2, 0) is 11.2 Å². The Morgan fingerprint density at radius 1 is 1.45 bits per heavy atom. The Morgan fingerprint density at radius 2 is 2.15 bits per heavy atom. The number of hydrogen-bond donors (Lipinski definition) is 1. The first-order chi connectivity index (χ1) is 9.27. The van der Waals surface area contributed by atoms with Crippen molar-refractivity contribution in [2.45, 2.75) is 58.8 Å². The molecule has 1 saturated heterocycles. The lowest BCUT2D eigenvalue weighted by Crippen LogP contribution is -2.52. The molecule has 1 aromatic rings. The van der Waals surface area contributed by atoms with E-state index in [2.05, 4.69) is 57.7 Å². The van der Waals surface area contributed by atoms with Crippen molar-refractivity contribution in [3.05, 3.63) is 29.3 Å². The van der Waals surface area contributed by atoms with E-state index in [-0.39, 0.29) is 17.7 Å². The fraction of sp³-hybridized carbons (Fsp3) is 0.647. The first-order valence-electron chi connectivity index (χ1n) is 7.55. The largest absolute Gasteiger partial charge is 0.369 e. The molecule has 2 atom stereocenters. The van der Waals surface area contributed by atoms with Gasteiger partial charge in [-0.25, -0.2) is 0 Å². The second kappa shape index (κ2) is 5.74. The number of rotatable bonds is 3. The average molecular weight is 276 g/mol. The Balaban J connectivity index is 2.31. The molecule has 0 bridgehead atoms. The molecule has 0 spiro atoms. The lowest BCUT2D eigenvalue weighted by Gasteiger charge is -2.43. The van der Waals surface area contributed by atoms with Crippen LogP contribution < -0.4 is 10.6 Å². The molecule has 1 fully saturated rings. The molecule has 0 radical (unpaired) electrons. The Hall–Kier alpha value is -1.06. The molecule has 20 heavy (non-hydrogen) atoms. The van der Waals surface area contributed by atoms with E-state index in [1.807, 2.05) is 0 Å². The monoisotopic (exact) mass is 276 g/mol. The zero-order chi connectivity index (χ0) is 14.9. The highest BCUT2D eigenvalue weighted by atomic mass is 16.5. The summed E-state index contributed by atoms with van der Waals surface area (Å²) in [6.45, 7) is 12.5. The minimum absolute atomic E-state index is 0.103. The van der Waals surface area contributed by atoms with E-state index in [0.29, 0.717) is 0 Å². The van der Waals surface area contributed by atoms with Crippen LogP contribution in [0.3, 0.4) is 0 Å². The third kappa shape index (κ3) is 3.74. The van der Waals surface area contributed by atoms with Crippen LogP contribution in [-0.4, -0.2) is 30.8 Å². The number of hydrogen-bond acceptors (Lipinski definition) is 3. The van der Waals surface area contributed by atoms with Gasteiger partial charge in [0.15, 0.2) is 0 Å². The van der Waals surface area contributed by atoms with Gasteiger partial charge in [0.1, 0.15) is 0 Å². The summed E-state index contributed by atoms with van der Waals surface area (Å²) in [5.74, 6) is 0. The Labute approximate surface area is 123 Å². The lowest BCUT2D eigenvalue weighted by atomic mass is 9.99. The summed E-state index contributed by atoms with van der Waals surface area (Å²) in [5, 5.41) is 0. The zero-order valence-corrected chi connectivity index (χ0v) is 13.4. The maximum atomic E-state index is 6.01. The van der Waals surface area contributed by atoms with Crippen molar-refractivity contribution < 1.29 is 4.74 Å². The lowest BCUT2D eigenvalue weighted by molar-refractivity contribution is -0.0750. The highest BCUT2D eigenvalue weighted by Crippen LogP contribution is 2.29. The molecule has 0 aromatic heterocycles. The topological polar surface area (TPSA) is 38.5 Å². The maximum absolute atomic E-state index is 6.01. The maximum Gasteiger partial charge on any atom is 0.0805 e. The second-order valence-corrected chi connectivity index (χ2v) is 6.88. The fourth-order valence-electron chi connectivity index (χ4n) is 3.17. The summed E-state index contributed by atoms with van der Waals surface area (Å²) in [6.07, 6.45) is 1.17. The predicted octanol–water partition coefficient (Wildman–Crippen LogP) is 2.89. The predicted molar refractivity (Wildman–Crippen MR) is 85.4 cm³/mol. The first-order valence-corrected chi connectivity index (χ1v) is 7.55. The third-order valence-corrected chi connectivity index (χ3v) is 3.69. The molecule has 112 valence electrons. The highest BCUT2D eigenvalue weighted by molar-refractivity contribution is 5.56. The van der Waals surface area contributed by atoms with Gasteiger partial charge in [0.05, 0.1) is 11.7 Å². The van der Waals surface area contributed by atoms with Crippen molar-refractivity contribution in [3.8, 4) is 0 Å². The molecule has 1 heterocycles. The standard InChI is InChI=1S/C17H28N2O/c1-12-6-7-16(15(8-12)9-13(2)18)19-10-14(3)20-17(4,5)11-19/h6-8,13-14H,9-11,18H2,1-5H3. The SMILES string of the molecule is Cc1ccc(N2CC(C)OC(C)(C)C2)c(CC(C)N)c1. The van der Waals surface area contributed by atoms with Gasteiger partial charge in [-0.3, -0.25) is 0 Å². The van der Waals surface area contributed by atoms with E-state index >= 15 is 0 Å². The van der Waals surface area contributed by atoms with E-state index in [9.17, 15) is 0 Å². The van der Waals surface area contributed by atoms with Crippen molar-refractivity contribution in [2.75, 3.05) is 18.0 Å². The van der Waals surface area contributed by atoms with Gasteiger partial charge in [0, 0.05) is 24.8 Å². The van der Waals surface area contributed by atoms with Crippen LogP contribution >= 0.6 is 0 Å². The van der Waals surface area contributed by atoms with E-state index in [1.54, 1.807) is 0 Å². The summed E-state index contributed by atoms with van der Waals surface area (Å²) in [7, 11) is 0. The minimum atomic E-state index is -0.103. The summed E-state index contributed by atoms with van der Waals surface area (Å²) < 4.78 is 6.00. The molecule has 0 saturated carbocycles. The molecular formula is C17H28N2O.